The van der Waals surface area contributed by atoms with E-state index in [1.54, 1.807) is 18.2 Å². The first-order valence-corrected chi connectivity index (χ1v) is 6.37. The Kier molecular flexibility index (Phi) is 2.95. The van der Waals surface area contributed by atoms with Gasteiger partial charge in [0.05, 0.1) is 0 Å². The predicted molar refractivity (Wildman–Crippen MR) is 77.3 cm³/mol. The summed E-state index contributed by atoms with van der Waals surface area (Å²) in [5, 5.41) is 0. The van der Waals surface area contributed by atoms with E-state index in [2.05, 4.69) is 6.58 Å². The number of amides is 2. The van der Waals surface area contributed by atoms with Crippen LogP contribution in [0.1, 0.15) is 12.0 Å². The molecular formula is C17H13NO2. The molecule has 0 radical (unpaired) electrons. The van der Waals surface area contributed by atoms with Crippen LogP contribution in [-0.4, -0.2) is 16.7 Å². The van der Waals surface area contributed by atoms with Gasteiger partial charge in [-0.2, -0.15) is 0 Å². The molecular weight excluding hydrogens is 250 g/mol. The van der Waals surface area contributed by atoms with E-state index in [9.17, 15) is 9.59 Å². The highest BCUT2D eigenvalue weighted by molar-refractivity contribution is 6.22. The van der Waals surface area contributed by atoms with Gasteiger partial charge >= 0.3 is 0 Å². The van der Waals surface area contributed by atoms with E-state index in [-0.39, 0.29) is 11.8 Å². The molecule has 0 N–H and O–H groups in total. The smallest absolute Gasteiger partial charge is 0.265 e. The molecule has 0 spiro atoms. The second-order valence-electron chi connectivity index (χ2n) is 4.77. The third-order valence-corrected chi connectivity index (χ3v) is 3.36. The summed E-state index contributed by atoms with van der Waals surface area (Å²) in [6.45, 7) is 3.83. The maximum atomic E-state index is 12.2. The fourth-order valence-corrected chi connectivity index (χ4v) is 2.30. The van der Waals surface area contributed by atoms with Crippen LogP contribution in [-0.2, 0) is 9.59 Å². The first-order chi connectivity index (χ1) is 9.66. The van der Waals surface area contributed by atoms with E-state index in [0.717, 1.165) is 11.1 Å². The molecule has 1 aliphatic heterocycles. The standard InChI is InChI=1S/C17H13NO2/c1-12-7-8-14-15(11-12)17(20)18(16(14)19)10-9-13-5-3-2-4-6-13/h2-10H,1,11H2. The zero-order valence-corrected chi connectivity index (χ0v) is 10.9. The largest absolute Gasteiger partial charge is 0.269 e. The maximum Gasteiger partial charge on any atom is 0.265 e. The van der Waals surface area contributed by atoms with Crippen LogP contribution in [0, 0.1) is 0 Å². The van der Waals surface area contributed by atoms with Crippen molar-refractivity contribution in [2.45, 2.75) is 6.42 Å². The Hall–Kier alpha value is -2.68. The number of hydrogen-bond donors (Lipinski definition) is 0. The lowest BCUT2D eigenvalue weighted by atomic mass is 9.96. The monoisotopic (exact) mass is 263 g/mol. The van der Waals surface area contributed by atoms with Gasteiger partial charge in [0.25, 0.3) is 11.8 Å². The molecule has 0 fully saturated rings. The summed E-state index contributed by atoms with van der Waals surface area (Å²) in [6.07, 6.45) is 7.21. The van der Waals surface area contributed by atoms with Gasteiger partial charge in [-0.05, 0) is 17.7 Å². The third kappa shape index (κ3) is 2.03. The predicted octanol–water partition coefficient (Wildman–Crippen LogP) is 2.84. The maximum absolute atomic E-state index is 12.2. The lowest BCUT2D eigenvalue weighted by Gasteiger charge is -2.08. The van der Waals surface area contributed by atoms with E-state index < -0.39 is 0 Å². The van der Waals surface area contributed by atoms with Crippen LogP contribution in [0.25, 0.3) is 6.08 Å². The molecule has 0 unspecified atom stereocenters. The van der Waals surface area contributed by atoms with E-state index in [0.29, 0.717) is 17.6 Å². The van der Waals surface area contributed by atoms with Gasteiger partial charge in [0, 0.05) is 23.8 Å². The van der Waals surface area contributed by atoms with Crippen molar-refractivity contribution in [3.05, 3.63) is 77.5 Å². The summed E-state index contributed by atoms with van der Waals surface area (Å²) in [5.41, 5.74) is 2.82. The van der Waals surface area contributed by atoms with Crippen LogP contribution in [0.15, 0.2) is 72.0 Å². The summed E-state index contributed by atoms with van der Waals surface area (Å²) >= 11 is 0. The van der Waals surface area contributed by atoms with Crippen LogP contribution in [0.4, 0.5) is 0 Å². The van der Waals surface area contributed by atoms with Gasteiger partial charge in [0.15, 0.2) is 0 Å². The molecule has 2 aliphatic rings. The fraction of sp³-hybridized carbons (Fsp3) is 0.0588. The van der Waals surface area contributed by atoms with Gasteiger partial charge in [0.1, 0.15) is 0 Å². The summed E-state index contributed by atoms with van der Waals surface area (Å²) in [6, 6.07) is 9.56. The molecule has 1 heterocycles. The topological polar surface area (TPSA) is 37.4 Å². The molecule has 98 valence electrons. The van der Waals surface area contributed by atoms with Crippen molar-refractivity contribution >= 4 is 17.9 Å². The molecule has 0 atom stereocenters. The van der Waals surface area contributed by atoms with Gasteiger partial charge in [-0.1, -0.05) is 48.6 Å². The zero-order valence-electron chi connectivity index (χ0n) is 10.9. The van der Waals surface area contributed by atoms with Crippen molar-refractivity contribution in [3.8, 4) is 0 Å². The first-order valence-electron chi connectivity index (χ1n) is 6.37. The number of carbonyl (C=O) groups excluding carboxylic acids is 2. The average molecular weight is 263 g/mol. The van der Waals surface area contributed by atoms with Crippen LogP contribution in [0.2, 0.25) is 0 Å². The molecule has 3 rings (SSSR count). The molecule has 3 nitrogen and oxygen atoms in total. The van der Waals surface area contributed by atoms with E-state index >= 15 is 0 Å². The van der Waals surface area contributed by atoms with Crippen molar-refractivity contribution in [2.24, 2.45) is 0 Å². The molecule has 2 amide bonds. The minimum atomic E-state index is -0.263. The second kappa shape index (κ2) is 4.78. The van der Waals surface area contributed by atoms with Crippen molar-refractivity contribution in [3.63, 3.8) is 0 Å². The number of nitrogens with zero attached hydrogens (tertiary/aromatic N) is 1. The van der Waals surface area contributed by atoms with Crippen LogP contribution < -0.4 is 0 Å². The van der Waals surface area contributed by atoms with Crippen LogP contribution in [0.3, 0.4) is 0 Å². The highest BCUT2D eigenvalue weighted by Gasteiger charge is 2.36. The molecule has 0 aromatic heterocycles. The number of carbonyl (C=O) groups is 2. The van der Waals surface area contributed by atoms with Crippen molar-refractivity contribution < 1.29 is 9.59 Å². The molecule has 0 saturated heterocycles. The average Bonchev–Trinajstić information content (AvgIpc) is 2.70. The Balaban J connectivity index is 1.86. The number of allylic oxidation sites excluding steroid dienone is 2. The Labute approximate surface area is 117 Å². The Morgan fingerprint density at radius 2 is 1.80 bits per heavy atom. The molecule has 1 aromatic rings. The summed E-state index contributed by atoms with van der Waals surface area (Å²) < 4.78 is 0. The van der Waals surface area contributed by atoms with E-state index in [4.69, 9.17) is 0 Å². The van der Waals surface area contributed by atoms with E-state index in [1.807, 2.05) is 30.3 Å². The number of hydrogen-bond acceptors (Lipinski definition) is 2. The van der Waals surface area contributed by atoms with Crippen molar-refractivity contribution in [2.75, 3.05) is 0 Å². The van der Waals surface area contributed by atoms with Gasteiger partial charge < -0.3 is 0 Å². The quantitative estimate of drug-likeness (QED) is 0.769. The lowest BCUT2D eigenvalue weighted by Crippen LogP contribution is -2.25. The zero-order chi connectivity index (χ0) is 14.1. The SMILES string of the molecule is C=C1C=CC2=C(C1)C(=O)N(C=Cc1ccccc1)C2=O. The Morgan fingerprint density at radius 1 is 1.05 bits per heavy atom. The second-order valence-corrected chi connectivity index (χ2v) is 4.77. The molecule has 0 bridgehead atoms. The Bertz CT molecular complexity index is 693. The molecule has 1 aliphatic carbocycles. The summed E-state index contributed by atoms with van der Waals surface area (Å²) in [5.74, 6) is -0.511. The van der Waals surface area contributed by atoms with Crippen molar-refractivity contribution in [1.82, 2.24) is 4.90 Å². The highest BCUT2D eigenvalue weighted by Crippen LogP contribution is 2.31. The number of rotatable bonds is 2. The van der Waals surface area contributed by atoms with Gasteiger partial charge in [0.2, 0.25) is 0 Å². The molecule has 0 saturated carbocycles. The third-order valence-electron chi connectivity index (χ3n) is 3.36. The van der Waals surface area contributed by atoms with Gasteiger partial charge in [-0.3, -0.25) is 9.59 Å². The minimum absolute atomic E-state index is 0.248. The summed E-state index contributed by atoms with van der Waals surface area (Å²) in [4.78, 5) is 25.6. The van der Waals surface area contributed by atoms with Crippen LogP contribution >= 0.6 is 0 Å². The van der Waals surface area contributed by atoms with Crippen molar-refractivity contribution in [1.29, 1.82) is 0 Å². The Morgan fingerprint density at radius 3 is 2.55 bits per heavy atom. The first kappa shape index (κ1) is 12.4. The fourth-order valence-electron chi connectivity index (χ4n) is 2.30. The van der Waals surface area contributed by atoms with E-state index in [1.165, 1.54) is 11.1 Å². The highest BCUT2D eigenvalue weighted by atomic mass is 16.2. The van der Waals surface area contributed by atoms with Crippen LogP contribution in [0.5, 0.6) is 0 Å². The number of imide groups is 1. The normalized spacial score (nSPS) is 18.4. The number of benzene rings is 1. The minimum Gasteiger partial charge on any atom is -0.269 e. The molecule has 3 heteroatoms. The molecule has 1 aromatic carbocycles. The summed E-state index contributed by atoms with van der Waals surface area (Å²) in [7, 11) is 0. The molecule has 20 heavy (non-hydrogen) atoms. The van der Waals surface area contributed by atoms with Gasteiger partial charge in [-0.25, -0.2) is 4.90 Å². The van der Waals surface area contributed by atoms with Gasteiger partial charge in [-0.15, -0.1) is 0 Å². The lowest BCUT2D eigenvalue weighted by molar-refractivity contribution is -0.134.